The molecule has 1 fully saturated rings. The first-order valence-corrected chi connectivity index (χ1v) is 11.5. The molecule has 0 aliphatic carbocycles. The van der Waals surface area contributed by atoms with Crippen molar-refractivity contribution in [1.29, 1.82) is 0 Å². The molecule has 3 heterocycles. The van der Waals surface area contributed by atoms with E-state index in [1.807, 2.05) is 13.8 Å². The molecule has 3 N–H and O–H groups in total. The van der Waals surface area contributed by atoms with E-state index in [4.69, 9.17) is 10.1 Å². The number of thiophene rings is 1. The maximum atomic E-state index is 13.0. The molecule has 1 aliphatic heterocycles. The van der Waals surface area contributed by atoms with Crippen LogP contribution in [0.4, 0.5) is 0 Å². The Balaban J connectivity index is 1.50. The molecule has 1 amide bonds. The van der Waals surface area contributed by atoms with E-state index in [9.17, 15) is 9.59 Å². The van der Waals surface area contributed by atoms with Gasteiger partial charge in [0, 0.05) is 22.9 Å². The van der Waals surface area contributed by atoms with E-state index >= 15 is 0 Å². The van der Waals surface area contributed by atoms with Gasteiger partial charge in [-0.1, -0.05) is 29.8 Å². The number of nitrogens with zero attached hydrogens (tertiary/aromatic N) is 2. The number of carbonyl (C=O) groups is 1. The fourth-order valence-corrected chi connectivity index (χ4v) is 5.26. The Morgan fingerprint density at radius 1 is 1.26 bits per heavy atom. The van der Waals surface area contributed by atoms with Gasteiger partial charge in [-0.15, -0.1) is 11.3 Å². The number of nitrogens with one attached hydrogen (secondary N) is 2. The summed E-state index contributed by atoms with van der Waals surface area (Å²) in [4.78, 5) is 36.9. The number of fused-ring (bicyclic) bond motifs is 1. The lowest BCUT2D eigenvalue weighted by atomic mass is 9.96. The van der Waals surface area contributed by atoms with Gasteiger partial charge >= 0.3 is 0 Å². The van der Waals surface area contributed by atoms with Crippen LogP contribution in [0.1, 0.15) is 29.1 Å². The lowest BCUT2D eigenvalue weighted by Crippen LogP contribution is -2.41. The van der Waals surface area contributed by atoms with Gasteiger partial charge in [0.25, 0.3) is 5.56 Å². The van der Waals surface area contributed by atoms with Crippen molar-refractivity contribution in [2.24, 2.45) is 5.92 Å². The summed E-state index contributed by atoms with van der Waals surface area (Å²) in [6.45, 7) is 6.45. The molecule has 0 atom stereocenters. The van der Waals surface area contributed by atoms with Crippen LogP contribution in [0.3, 0.4) is 0 Å². The lowest BCUT2D eigenvalue weighted by Gasteiger charge is -2.30. The highest BCUT2D eigenvalue weighted by molar-refractivity contribution is 7.19. The third kappa shape index (κ3) is 4.71. The van der Waals surface area contributed by atoms with Gasteiger partial charge in [-0.05, 0) is 45.3 Å². The molecule has 0 bridgehead atoms. The zero-order valence-corrected chi connectivity index (χ0v) is 18.7. The first-order chi connectivity index (χ1) is 15.0. The normalized spacial score (nSPS) is 15.5. The van der Waals surface area contributed by atoms with Crippen molar-refractivity contribution >= 4 is 27.5 Å². The molecule has 4 rings (SSSR count). The fourth-order valence-electron chi connectivity index (χ4n) is 4.19. The average Bonchev–Trinajstić information content (AvgIpc) is 3.09. The van der Waals surface area contributed by atoms with Crippen LogP contribution in [-0.4, -0.2) is 52.1 Å². The number of aliphatic hydroxyl groups excluding tert-OH is 1. The zero-order valence-electron chi connectivity index (χ0n) is 17.9. The summed E-state index contributed by atoms with van der Waals surface area (Å²) in [6, 6.07) is 8.22. The van der Waals surface area contributed by atoms with Crippen LogP contribution < -0.4 is 10.9 Å². The van der Waals surface area contributed by atoms with Crippen LogP contribution in [0.25, 0.3) is 21.3 Å². The molecule has 0 unspecified atom stereocenters. The molecule has 1 aliphatic rings. The van der Waals surface area contributed by atoms with E-state index in [0.717, 1.165) is 46.8 Å². The topological polar surface area (TPSA) is 98.3 Å². The molecule has 0 spiro atoms. The standard InChI is InChI=1S/C23H28N4O3S/c1-14-3-5-16(6-4-14)19-15(2)31-23-20(19)22(30)25-18(26-23)13-27-10-7-17(8-11-27)21(29)24-9-12-28/h3-6,17,28H,7-13H2,1-2H3,(H,24,29)(H,25,26,30). The Bertz CT molecular complexity index is 1130. The molecule has 8 heteroatoms. The van der Waals surface area contributed by atoms with Crippen molar-refractivity contribution < 1.29 is 9.90 Å². The zero-order chi connectivity index (χ0) is 22.0. The summed E-state index contributed by atoms with van der Waals surface area (Å²) in [5.41, 5.74) is 3.09. The van der Waals surface area contributed by atoms with Crippen molar-refractivity contribution in [3.05, 3.63) is 50.9 Å². The van der Waals surface area contributed by atoms with Crippen LogP contribution in [0.5, 0.6) is 0 Å². The minimum absolute atomic E-state index is 0.0133. The first kappa shape index (κ1) is 21.7. The van der Waals surface area contributed by atoms with Crippen molar-refractivity contribution in [3.63, 3.8) is 0 Å². The second-order valence-electron chi connectivity index (χ2n) is 8.16. The Morgan fingerprint density at radius 2 is 1.97 bits per heavy atom. The number of aliphatic hydroxyl groups is 1. The Hall–Kier alpha value is -2.55. The number of rotatable bonds is 6. The van der Waals surface area contributed by atoms with Crippen molar-refractivity contribution in [2.45, 2.75) is 33.2 Å². The molecule has 164 valence electrons. The van der Waals surface area contributed by atoms with Gasteiger partial charge in [-0.2, -0.15) is 0 Å². The van der Waals surface area contributed by atoms with E-state index < -0.39 is 0 Å². The van der Waals surface area contributed by atoms with Crippen molar-refractivity contribution in [3.8, 4) is 11.1 Å². The fraction of sp³-hybridized carbons (Fsp3) is 0.435. The average molecular weight is 441 g/mol. The van der Waals surface area contributed by atoms with E-state index in [1.54, 1.807) is 11.3 Å². The highest BCUT2D eigenvalue weighted by Gasteiger charge is 2.25. The largest absolute Gasteiger partial charge is 0.395 e. The van der Waals surface area contributed by atoms with Gasteiger partial charge < -0.3 is 15.4 Å². The molecular formula is C23H28N4O3S. The van der Waals surface area contributed by atoms with E-state index in [2.05, 4.69) is 39.5 Å². The number of hydrogen-bond acceptors (Lipinski definition) is 6. The van der Waals surface area contributed by atoms with Gasteiger partial charge in [0.05, 0.1) is 18.5 Å². The van der Waals surface area contributed by atoms with E-state index in [1.165, 1.54) is 5.56 Å². The molecule has 0 saturated carbocycles. The van der Waals surface area contributed by atoms with Gasteiger partial charge in [0.15, 0.2) is 0 Å². The first-order valence-electron chi connectivity index (χ1n) is 10.7. The predicted octanol–water partition coefficient (Wildman–Crippen LogP) is 2.59. The number of hydrogen-bond donors (Lipinski definition) is 3. The molecule has 7 nitrogen and oxygen atoms in total. The van der Waals surface area contributed by atoms with Crippen LogP contribution in [0, 0.1) is 19.8 Å². The van der Waals surface area contributed by atoms with Gasteiger partial charge in [-0.3, -0.25) is 14.5 Å². The Kier molecular flexibility index (Phi) is 6.50. The number of amides is 1. The van der Waals surface area contributed by atoms with Gasteiger partial charge in [-0.25, -0.2) is 4.98 Å². The Labute approximate surface area is 185 Å². The second kappa shape index (κ2) is 9.30. The van der Waals surface area contributed by atoms with Gasteiger partial charge in [0.2, 0.25) is 5.91 Å². The summed E-state index contributed by atoms with van der Waals surface area (Å²) in [7, 11) is 0. The van der Waals surface area contributed by atoms with Crippen LogP contribution >= 0.6 is 11.3 Å². The molecular weight excluding hydrogens is 412 g/mol. The number of likely N-dealkylation sites (tertiary alicyclic amines) is 1. The SMILES string of the molecule is Cc1ccc(-c2c(C)sc3nc(CN4CCC(C(=O)NCCO)CC4)[nH]c(=O)c23)cc1. The molecule has 1 saturated heterocycles. The highest BCUT2D eigenvalue weighted by Crippen LogP contribution is 2.35. The molecule has 3 aromatic rings. The van der Waals surface area contributed by atoms with Crippen LogP contribution in [0.2, 0.25) is 0 Å². The number of H-pyrrole nitrogens is 1. The summed E-state index contributed by atoms with van der Waals surface area (Å²) in [5.74, 6) is 0.658. The number of piperidine rings is 1. The Morgan fingerprint density at radius 3 is 2.65 bits per heavy atom. The minimum Gasteiger partial charge on any atom is -0.395 e. The summed E-state index contributed by atoms with van der Waals surface area (Å²) in [6.07, 6.45) is 1.53. The van der Waals surface area contributed by atoms with E-state index in [-0.39, 0.29) is 24.0 Å². The van der Waals surface area contributed by atoms with Crippen LogP contribution in [0.15, 0.2) is 29.1 Å². The summed E-state index contributed by atoms with van der Waals surface area (Å²) < 4.78 is 0. The number of carbonyl (C=O) groups excluding carboxylic acids is 1. The quantitative estimate of drug-likeness (QED) is 0.547. The minimum atomic E-state index is -0.0989. The lowest BCUT2D eigenvalue weighted by molar-refractivity contribution is -0.126. The highest BCUT2D eigenvalue weighted by atomic mass is 32.1. The van der Waals surface area contributed by atoms with Crippen LogP contribution in [-0.2, 0) is 11.3 Å². The monoisotopic (exact) mass is 440 g/mol. The number of aromatic nitrogens is 2. The smallest absolute Gasteiger partial charge is 0.260 e. The van der Waals surface area contributed by atoms with Gasteiger partial charge in [0.1, 0.15) is 10.7 Å². The second-order valence-corrected chi connectivity index (χ2v) is 9.36. The number of benzene rings is 1. The third-order valence-electron chi connectivity index (χ3n) is 5.87. The maximum Gasteiger partial charge on any atom is 0.260 e. The van der Waals surface area contributed by atoms with E-state index in [0.29, 0.717) is 24.3 Å². The maximum absolute atomic E-state index is 13.0. The van der Waals surface area contributed by atoms with Crippen molar-refractivity contribution in [2.75, 3.05) is 26.2 Å². The molecule has 1 aromatic carbocycles. The summed E-state index contributed by atoms with van der Waals surface area (Å²) in [5, 5.41) is 12.3. The van der Waals surface area contributed by atoms with Crippen molar-refractivity contribution in [1.82, 2.24) is 20.2 Å². The predicted molar refractivity (Wildman–Crippen MR) is 123 cm³/mol. The summed E-state index contributed by atoms with van der Waals surface area (Å²) >= 11 is 1.56. The number of aromatic amines is 1. The third-order valence-corrected chi connectivity index (χ3v) is 6.87. The molecule has 31 heavy (non-hydrogen) atoms. The number of aryl methyl sites for hydroxylation is 2. The molecule has 2 aromatic heterocycles. The molecule has 0 radical (unpaired) electrons.